The largest absolute Gasteiger partial charge is 0.478 e. The van der Waals surface area contributed by atoms with Gasteiger partial charge in [0.1, 0.15) is 5.75 Å². The molecule has 1 aromatic heterocycles. The number of ether oxygens (including phenoxy) is 2. The molecular formula is C30H34N4O6. The zero-order chi connectivity index (χ0) is 28.2. The summed E-state index contributed by atoms with van der Waals surface area (Å²) in [5.74, 6) is -0.0149. The third kappa shape index (κ3) is 5.86. The number of hydrogen-bond donors (Lipinski definition) is 1. The van der Waals surface area contributed by atoms with Crippen molar-refractivity contribution in [2.24, 2.45) is 0 Å². The van der Waals surface area contributed by atoms with Crippen molar-refractivity contribution in [3.8, 4) is 11.6 Å². The molecule has 1 aliphatic carbocycles. The molecule has 5 rings (SSSR count). The van der Waals surface area contributed by atoms with Crippen LogP contribution >= 0.6 is 0 Å². The van der Waals surface area contributed by atoms with E-state index in [9.17, 15) is 14.4 Å². The summed E-state index contributed by atoms with van der Waals surface area (Å²) in [5, 5.41) is 9.06. The van der Waals surface area contributed by atoms with Gasteiger partial charge in [0.05, 0.1) is 25.3 Å². The Hall–Kier alpha value is -4.18. The van der Waals surface area contributed by atoms with Crippen LogP contribution in [-0.2, 0) is 11.3 Å². The number of aryl methyl sites for hydroxylation is 1. The Morgan fingerprint density at radius 1 is 1.10 bits per heavy atom. The summed E-state index contributed by atoms with van der Waals surface area (Å²) in [6.45, 7) is 4.66. The van der Waals surface area contributed by atoms with Gasteiger partial charge in [0.25, 0.3) is 0 Å². The van der Waals surface area contributed by atoms with E-state index in [0.29, 0.717) is 18.2 Å². The lowest BCUT2D eigenvalue weighted by Gasteiger charge is -2.39. The Morgan fingerprint density at radius 3 is 2.48 bits per heavy atom. The minimum absolute atomic E-state index is 0.0534. The normalized spacial score (nSPS) is 20.0. The smallest absolute Gasteiger partial charge is 0.417 e. The van der Waals surface area contributed by atoms with Crippen LogP contribution < -0.4 is 4.74 Å². The number of imide groups is 1. The number of carbonyl (C=O) groups is 3. The first-order valence-corrected chi connectivity index (χ1v) is 13.6. The maximum Gasteiger partial charge on any atom is 0.417 e. The van der Waals surface area contributed by atoms with Gasteiger partial charge in [-0.15, -0.1) is 0 Å². The van der Waals surface area contributed by atoms with Crippen molar-refractivity contribution >= 4 is 18.1 Å². The number of benzene rings is 1. The fraction of sp³-hybridized carbons (Fsp3) is 0.400. The minimum Gasteiger partial charge on any atom is -0.478 e. The Balaban J connectivity index is 1.20. The number of amides is 3. The predicted octanol–water partition coefficient (Wildman–Crippen LogP) is 4.99. The zero-order valence-corrected chi connectivity index (χ0v) is 22.8. The third-order valence-corrected chi connectivity index (χ3v) is 7.85. The van der Waals surface area contributed by atoms with Crippen LogP contribution in [0.3, 0.4) is 0 Å². The van der Waals surface area contributed by atoms with Gasteiger partial charge in [-0.1, -0.05) is 24.3 Å². The van der Waals surface area contributed by atoms with E-state index in [2.05, 4.69) is 22.0 Å². The number of aromatic carboxylic acids is 1. The fourth-order valence-electron chi connectivity index (χ4n) is 5.65. The molecule has 0 bridgehead atoms. The van der Waals surface area contributed by atoms with E-state index < -0.39 is 12.1 Å². The highest BCUT2D eigenvalue weighted by atomic mass is 16.5. The molecule has 2 aromatic rings. The Kier molecular flexibility index (Phi) is 8.16. The molecule has 1 atom stereocenters. The number of pyridine rings is 1. The highest BCUT2D eigenvalue weighted by molar-refractivity contribution is 5.93. The number of rotatable bonds is 7. The average molecular weight is 547 g/mol. The molecule has 2 aliphatic heterocycles. The van der Waals surface area contributed by atoms with Crippen LogP contribution in [0.4, 0.5) is 9.59 Å². The highest BCUT2D eigenvalue weighted by Gasteiger charge is 2.46. The number of allylic oxidation sites excluding steroid dienone is 3. The first-order valence-electron chi connectivity index (χ1n) is 13.6. The number of nitrogens with zero attached hydrogens (tertiary/aromatic N) is 4. The maximum atomic E-state index is 13.3. The summed E-state index contributed by atoms with van der Waals surface area (Å²) in [7, 11) is 1.31. The summed E-state index contributed by atoms with van der Waals surface area (Å²) in [6.07, 6.45) is 9.10. The summed E-state index contributed by atoms with van der Waals surface area (Å²) in [6, 6.07) is 9.71. The lowest BCUT2D eigenvalue weighted by Crippen LogP contribution is -2.49. The van der Waals surface area contributed by atoms with E-state index in [4.69, 9.17) is 14.6 Å². The Bertz CT molecular complexity index is 1330. The average Bonchev–Trinajstić information content (AvgIpc) is 3.32. The van der Waals surface area contributed by atoms with Gasteiger partial charge in [-0.05, 0) is 68.0 Å². The molecule has 210 valence electrons. The summed E-state index contributed by atoms with van der Waals surface area (Å²) >= 11 is 0. The SMILES string of the molecule is COC(=O)N1C[C@@H](C2=CC=CCC2)N(C2CCN(Cc3ccc(Oc4ccc(C(=O)O)cc4)nc3C)CC2)C1=O. The number of carbonyl (C=O) groups excluding carboxylic acids is 2. The van der Waals surface area contributed by atoms with Crippen molar-refractivity contribution in [1.82, 2.24) is 19.7 Å². The number of hydrogen-bond acceptors (Lipinski definition) is 7. The molecule has 3 aliphatic rings. The second-order valence-corrected chi connectivity index (χ2v) is 10.3. The Morgan fingerprint density at radius 2 is 1.85 bits per heavy atom. The van der Waals surface area contributed by atoms with Gasteiger partial charge in [0.2, 0.25) is 5.88 Å². The molecular weight excluding hydrogens is 512 g/mol. The van der Waals surface area contributed by atoms with Gasteiger partial charge in [0.15, 0.2) is 0 Å². The van der Waals surface area contributed by atoms with Crippen molar-refractivity contribution in [1.29, 1.82) is 0 Å². The molecule has 0 saturated carbocycles. The van der Waals surface area contributed by atoms with Crippen LogP contribution in [0.1, 0.15) is 47.3 Å². The van der Waals surface area contributed by atoms with E-state index in [1.165, 1.54) is 29.7 Å². The number of carboxylic acids is 1. The molecule has 2 saturated heterocycles. The van der Waals surface area contributed by atoms with E-state index in [1.54, 1.807) is 12.1 Å². The van der Waals surface area contributed by atoms with Crippen LogP contribution in [0.25, 0.3) is 0 Å². The highest BCUT2D eigenvalue weighted by Crippen LogP contribution is 2.32. The second kappa shape index (κ2) is 11.9. The number of likely N-dealkylation sites (tertiary alicyclic amines) is 1. The van der Waals surface area contributed by atoms with Crippen molar-refractivity contribution in [2.45, 2.75) is 51.2 Å². The number of methoxy groups -OCH3 is 1. The number of aromatic nitrogens is 1. The molecule has 3 heterocycles. The summed E-state index contributed by atoms with van der Waals surface area (Å²) in [4.78, 5) is 46.8. The van der Waals surface area contributed by atoms with Gasteiger partial charge in [-0.2, -0.15) is 0 Å². The van der Waals surface area contributed by atoms with Crippen LogP contribution in [0.2, 0.25) is 0 Å². The molecule has 10 nitrogen and oxygen atoms in total. The summed E-state index contributed by atoms with van der Waals surface area (Å²) in [5.41, 5.74) is 3.34. The Labute approximate surface area is 233 Å². The van der Waals surface area contributed by atoms with Crippen LogP contribution in [0, 0.1) is 6.92 Å². The van der Waals surface area contributed by atoms with Gasteiger partial charge in [0, 0.05) is 37.4 Å². The first-order chi connectivity index (χ1) is 19.3. The lowest BCUT2D eigenvalue weighted by molar-refractivity contribution is 0.0696. The molecule has 1 N–H and O–H groups in total. The van der Waals surface area contributed by atoms with E-state index in [0.717, 1.165) is 56.6 Å². The molecule has 0 unspecified atom stereocenters. The van der Waals surface area contributed by atoms with Gasteiger partial charge < -0.3 is 19.5 Å². The standard InChI is InChI=1S/C30H34N4O6/c1-20-23(10-13-27(31-20)40-25-11-8-22(9-12-25)28(35)36)18-32-16-14-24(15-17-32)34-26(21-6-4-3-5-7-21)19-33(29(34)37)30(38)39-2/h3-4,6,8-13,24,26H,5,7,14-19H2,1-2H3,(H,35,36)/t26-/m0/s1. The second-order valence-electron chi connectivity index (χ2n) is 10.3. The molecule has 1 aromatic carbocycles. The van der Waals surface area contributed by atoms with Crippen molar-refractivity contribution in [2.75, 3.05) is 26.7 Å². The van der Waals surface area contributed by atoms with Gasteiger partial charge in [-0.25, -0.2) is 24.3 Å². The number of piperidine rings is 1. The van der Waals surface area contributed by atoms with E-state index in [1.807, 2.05) is 30.0 Å². The fourth-order valence-corrected chi connectivity index (χ4v) is 5.65. The van der Waals surface area contributed by atoms with E-state index in [-0.39, 0.29) is 23.7 Å². The van der Waals surface area contributed by atoms with Crippen molar-refractivity contribution in [3.05, 3.63) is 77.0 Å². The zero-order valence-electron chi connectivity index (χ0n) is 22.8. The maximum absolute atomic E-state index is 13.3. The first kappa shape index (κ1) is 27.4. The number of urea groups is 1. The topological polar surface area (TPSA) is 113 Å². The molecule has 10 heteroatoms. The minimum atomic E-state index is -0.983. The van der Waals surface area contributed by atoms with Crippen LogP contribution in [-0.4, -0.2) is 81.7 Å². The molecule has 40 heavy (non-hydrogen) atoms. The lowest BCUT2D eigenvalue weighted by atomic mass is 9.94. The van der Waals surface area contributed by atoms with E-state index >= 15 is 0 Å². The van der Waals surface area contributed by atoms with Gasteiger partial charge in [-0.3, -0.25) is 4.90 Å². The van der Waals surface area contributed by atoms with Crippen LogP contribution in [0.15, 0.2) is 60.2 Å². The molecule has 2 fully saturated rings. The number of carboxylic acid groups (broad SMARTS) is 1. The molecule has 0 radical (unpaired) electrons. The third-order valence-electron chi connectivity index (χ3n) is 7.85. The monoisotopic (exact) mass is 546 g/mol. The quantitative estimate of drug-likeness (QED) is 0.517. The van der Waals surface area contributed by atoms with Gasteiger partial charge >= 0.3 is 18.1 Å². The summed E-state index contributed by atoms with van der Waals surface area (Å²) < 4.78 is 10.7. The predicted molar refractivity (Wildman–Crippen MR) is 147 cm³/mol. The van der Waals surface area contributed by atoms with Crippen LogP contribution in [0.5, 0.6) is 11.6 Å². The molecule has 0 spiro atoms. The van der Waals surface area contributed by atoms with Crippen molar-refractivity contribution in [3.63, 3.8) is 0 Å². The van der Waals surface area contributed by atoms with Crippen molar-refractivity contribution < 1.29 is 29.0 Å². The molecule has 3 amide bonds.